The van der Waals surface area contributed by atoms with Crippen LogP contribution in [0.3, 0.4) is 0 Å². The van der Waals surface area contributed by atoms with Crippen LogP contribution < -0.4 is 10.1 Å². The number of nitrogens with one attached hydrogen (secondary N) is 1. The summed E-state index contributed by atoms with van der Waals surface area (Å²) in [4.78, 5) is 4.41. The van der Waals surface area contributed by atoms with Crippen molar-refractivity contribution in [2.24, 2.45) is 11.8 Å². The van der Waals surface area contributed by atoms with Gasteiger partial charge in [-0.25, -0.2) is 4.98 Å². The van der Waals surface area contributed by atoms with E-state index in [4.69, 9.17) is 4.74 Å². The summed E-state index contributed by atoms with van der Waals surface area (Å²) in [7, 11) is 1.66. The lowest BCUT2D eigenvalue weighted by Gasteiger charge is -2.28. The summed E-state index contributed by atoms with van der Waals surface area (Å²) in [6, 6.07) is 5.92. The second-order valence-electron chi connectivity index (χ2n) is 5.32. The van der Waals surface area contributed by atoms with Crippen molar-refractivity contribution in [3.05, 3.63) is 23.9 Å². The Hall–Kier alpha value is -1.09. The number of hydrogen-bond acceptors (Lipinski definition) is 3. The molecule has 1 aliphatic rings. The van der Waals surface area contributed by atoms with Gasteiger partial charge in [0.2, 0.25) is 5.88 Å². The topological polar surface area (TPSA) is 34.1 Å². The van der Waals surface area contributed by atoms with E-state index < -0.39 is 0 Å². The number of rotatable bonds is 5. The van der Waals surface area contributed by atoms with E-state index in [-0.39, 0.29) is 0 Å². The van der Waals surface area contributed by atoms with Gasteiger partial charge in [0.1, 0.15) is 0 Å². The number of methoxy groups -OCH3 is 1. The highest BCUT2D eigenvalue weighted by Gasteiger charge is 2.20. The Balaban J connectivity index is 1.77. The average Bonchev–Trinajstić information content (AvgIpc) is 2.41. The van der Waals surface area contributed by atoms with Crippen LogP contribution in [0.1, 0.15) is 38.3 Å². The predicted octanol–water partition coefficient (Wildman–Crippen LogP) is 3.01. The van der Waals surface area contributed by atoms with Gasteiger partial charge in [-0.3, -0.25) is 0 Å². The summed E-state index contributed by atoms with van der Waals surface area (Å²) >= 11 is 0. The molecular weight excluding hydrogens is 224 g/mol. The van der Waals surface area contributed by atoms with Gasteiger partial charge in [0.05, 0.1) is 12.8 Å². The third-order valence-corrected chi connectivity index (χ3v) is 3.99. The number of ether oxygens (including phenoxy) is 1. The fraction of sp³-hybridized carbons (Fsp3) is 0.667. The van der Waals surface area contributed by atoms with Crippen molar-refractivity contribution in [1.29, 1.82) is 0 Å². The highest BCUT2D eigenvalue weighted by Crippen LogP contribution is 2.28. The fourth-order valence-corrected chi connectivity index (χ4v) is 2.75. The standard InChI is InChI=1S/C15H24N2O/c1-12-6-3-4-7-13(12)10-16-11-14-8-5-9-15(17-14)18-2/h5,8-9,12-13,16H,3-4,6-7,10-11H2,1-2H3. The molecule has 100 valence electrons. The first-order valence-electron chi connectivity index (χ1n) is 7.00. The highest BCUT2D eigenvalue weighted by atomic mass is 16.5. The molecule has 2 rings (SSSR count). The Bertz CT molecular complexity index is 367. The van der Waals surface area contributed by atoms with E-state index in [1.807, 2.05) is 18.2 Å². The van der Waals surface area contributed by atoms with Crippen LogP contribution in [-0.4, -0.2) is 18.6 Å². The minimum absolute atomic E-state index is 0.695. The first kappa shape index (κ1) is 13.3. The van der Waals surface area contributed by atoms with Crippen molar-refractivity contribution in [1.82, 2.24) is 10.3 Å². The van der Waals surface area contributed by atoms with Crippen LogP contribution in [0.15, 0.2) is 18.2 Å². The molecule has 3 heteroatoms. The largest absolute Gasteiger partial charge is 0.481 e. The van der Waals surface area contributed by atoms with E-state index in [1.165, 1.54) is 25.7 Å². The van der Waals surface area contributed by atoms with E-state index in [2.05, 4.69) is 17.2 Å². The first-order chi connectivity index (χ1) is 8.79. The van der Waals surface area contributed by atoms with Gasteiger partial charge in [-0.1, -0.05) is 32.3 Å². The lowest BCUT2D eigenvalue weighted by atomic mass is 9.80. The third kappa shape index (κ3) is 3.70. The van der Waals surface area contributed by atoms with E-state index in [0.29, 0.717) is 5.88 Å². The second kappa shape index (κ2) is 6.74. The first-order valence-corrected chi connectivity index (χ1v) is 7.00. The van der Waals surface area contributed by atoms with Gasteiger partial charge in [0.15, 0.2) is 0 Å². The molecule has 1 heterocycles. The third-order valence-electron chi connectivity index (χ3n) is 3.99. The molecule has 1 aromatic heterocycles. The Kier molecular flexibility index (Phi) is 5.00. The molecule has 0 aromatic carbocycles. The SMILES string of the molecule is COc1cccc(CNCC2CCCCC2C)n1. The van der Waals surface area contributed by atoms with Crippen molar-refractivity contribution in [2.75, 3.05) is 13.7 Å². The van der Waals surface area contributed by atoms with Gasteiger partial charge in [-0.05, 0) is 30.9 Å². The van der Waals surface area contributed by atoms with Crippen LogP contribution in [0.4, 0.5) is 0 Å². The smallest absolute Gasteiger partial charge is 0.213 e. The lowest BCUT2D eigenvalue weighted by Crippen LogP contribution is -2.29. The van der Waals surface area contributed by atoms with Gasteiger partial charge in [0, 0.05) is 12.6 Å². The maximum absolute atomic E-state index is 5.13. The Morgan fingerprint density at radius 2 is 2.17 bits per heavy atom. The Morgan fingerprint density at radius 1 is 1.33 bits per heavy atom. The van der Waals surface area contributed by atoms with Crippen molar-refractivity contribution in [3.8, 4) is 5.88 Å². The minimum atomic E-state index is 0.695. The van der Waals surface area contributed by atoms with Crippen LogP contribution in [0.2, 0.25) is 0 Å². The summed E-state index contributed by atoms with van der Waals surface area (Å²) in [6.07, 6.45) is 5.58. The normalized spacial score (nSPS) is 23.9. The molecular formula is C15H24N2O. The van der Waals surface area contributed by atoms with Gasteiger partial charge in [-0.15, -0.1) is 0 Å². The molecule has 0 aliphatic heterocycles. The molecule has 1 aromatic rings. The Labute approximate surface area is 110 Å². The fourth-order valence-electron chi connectivity index (χ4n) is 2.75. The molecule has 0 radical (unpaired) electrons. The molecule has 18 heavy (non-hydrogen) atoms. The molecule has 1 aliphatic carbocycles. The quantitative estimate of drug-likeness (QED) is 0.869. The van der Waals surface area contributed by atoms with Gasteiger partial charge in [0.25, 0.3) is 0 Å². The van der Waals surface area contributed by atoms with Gasteiger partial charge >= 0.3 is 0 Å². The molecule has 1 N–H and O–H groups in total. The van der Waals surface area contributed by atoms with Crippen molar-refractivity contribution in [3.63, 3.8) is 0 Å². The summed E-state index contributed by atoms with van der Waals surface area (Å²) < 4.78 is 5.13. The maximum atomic E-state index is 5.13. The predicted molar refractivity (Wildman–Crippen MR) is 73.6 cm³/mol. The van der Waals surface area contributed by atoms with Crippen LogP contribution in [0.25, 0.3) is 0 Å². The number of aromatic nitrogens is 1. The van der Waals surface area contributed by atoms with Crippen LogP contribution >= 0.6 is 0 Å². The number of pyridine rings is 1. The van der Waals surface area contributed by atoms with E-state index in [1.54, 1.807) is 7.11 Å². The van der Waals surface area contributed by atoms with Crippen LogP contribution in [0, 0.1) is 11.8 Å². The van der Waals surface area contributed by atoms with E-state index in [9.17, 15) is 0 Å². The number of nitrogens with zero attached hydrogens (tertiary/aromatic N) is 1. The number of hydrogen-bond donors (Lipinski definition) is 1. The van der Waals surface area contributed by atoms with E-state index >= 15 is 0 Å². The van der Waals surface area contributed by atoms with Crippen LogP contribution in [0.5, 0.6) is 5.88 Å². The van der Waals surface area contributed by atoms with Crippen molar-refractivity contribution >= 4 is 0 Å². The molecule has 3 nitrogen and oxygen atoms in total. The zero-order valence-corrected chi connectivity index (χ0v) is 11.5. The highest BCUT2D eigenvalue weighted by molar-refractivity contribution is 5.15. The van der Waals surface area contributed by atoms with E-state index in [0.717, 1.165) is 30.6 Å². The summed E-state index contributed by atoms with van der Waals surface area (Å²) in [5, 5.41) is 3.54. The molecule has 2 unspecified atom stereocenters. The maximum Gasteiger partial charge on any atom is 0.213 e. The molecule has 2 atom stereocenters. The second-order valence-corrected chi connectivity index (χ2v) is 5.32. The molecule has 1 fully saturated rings. The van der Waals surface area contributed by atoms with Gasteiger partial charge < -0.3 is 10.1 Å². The van der Waals surface area contributed by atoms with Crippen molar-refractivity contribution < 1.29 is 4.74 Å². The Morgan fingerprint density at radius 3 is 2.94 bits per heavy atom. The molecule has 0 saturated heterocycles. The summed E-state index contributed by atoms with van der Waals surface area (Å²) in [5.41, 5.74) is 1.05. The lowest BCUT2D eigenvalue weighted by molar-refractivity contribution is 0.247. The molecule has 1 saturated carbocycles. The molecule has 0 amide bonds. The molecule has 0 bridgehead atoms. The van der Waals surface area contributed by atoms with Crippen LogP contribution in [-0.2, 0) is 6.54 Å². The summed E-state index contributed by atoms with van der Waals surface area (Å²) in [6.45, 7) is 4.33. The zero-order chi connectivity index (χ0) is 12.8. The van der Waals surface area contributed by atoms with Gasteiger partial charge in [-0.2, -0.15) is 0 Å². The minimum Gasteiger partial charge on any atom is -0.481 e. The summed E-state index contributed by atoms with van der Waals surface area (Å²) in [5.74, 6) is 2.40. The van der Waals surface area contributed by atoms with Crippen molar-refractivity contribution in [2.45, 2.75) is 39.2 Å². The zero-order valence-electron chi connectivity index (χ0n) is 11.5. The monoisotopic (exact) mass is 248 g/mol. The molecule has 0 spiro atoms. The average molecular weight is 248 g/mol.